The minimum Gasteiger partial charge on any atom is -0.349 e. The number of halogens is 1. The number of thiazole rings is 1. The van der Waals surface area contributed by atoms with E-state index in [-0.39, 0.29) is 11.9 Å². The second kappa shape index (κ2) is 7.86. The van der Waals surface area contributed by atoms with Gasteiger partial charge in [0, 0.05) is 31.2 Å². The summed E-state index contributed by atoms with van der Waals surface area (Å²) in [6.07, 6.45) is 1.99. The third-order valence-corrected chi connectivity index (χ3v) is 6.27. The monoisotopic (exact) mass is 429 g/mol. The predicted molar refractivity (Wildman–Crippen MR) is 110 cm³/mol. The van der Waals surface area contributed by atoms with Crippen molar-refractivity contribution >= 4 is 43.4 Å². The van der Waals surface area contributed by atoms with E-state index in [0.717, 1.165) is 46.6 Å². The maximum Gasteiger partial charge on any atom is 0.251 e. The number of aromatic nitrogens is 1. The fourth-order valence-corrected chi connectivity index (χ4v) is 4.83. The molecule has 6 heteroatoms. The van der Waals surface area contributed by atoms with E-state index >= 15 is 0 Å². The maximum atomic E-state index is 12.6. The van der Waals surface area contributed by atoms with Crippen LogP contribution in [0.15, 0.2) is 52.4 Å². The lowest BCUT2D eigenvalue weighted by Crippen LogP contribution is -2.44. The molecule has 0 aliphatic carbocycles. The fourth-order valence-electron chi connectivity index (χ4n) is 3.38. The van der Waals surface area contributed by atoms with E-state index in [2.05, 4.69) is 55.4 Å². The first-order valence-corrected chi connectivity index (χ1v) is 10.4. The first-order chi connectivity index (χ1) is 12.7. The van der Waals surface area contributed by atoms with Crippen molar-refractivity contribution in [3.8, 4) is 0 Å². The van der Waals surface area contributed by atoms with Gasteiger partial charge in [0.1, 0.15) is 0 Å². The molecule has 4 nitrogen and oxygen atoms in total. The number of fused-ring (bicyclic) bond motifs is 1. The summed E-state index contributed by atoms with van der Waals surface area (Å²) in [5.74, 6) is 0.0120. The van der Waals surface area contributed by atoms with Crippen molar-refractivity contribution in [1.29, 1.82) is 0 Å². The third kappa shape index (κ3) is 4.14. The Morgan fingerprint density at radius 1 is 1.19 bits per heavy atom. The van der Waals surface area contributed by atoms with Gasteiger partial charge >= 0.3 is 0 Å². The lowest BCUT2D eigenvalue weighted by atomic mass is 10.0. The highest BCUT2D eigenvalue weighted by Gasteiger charge is 2.21. The molecule has 3 aromatic rings. The Bertz CT molecular complexity index is 904. The van der Waals surface area contributed by atoms with Crippen molar-refractivity contribution in [2.75, 3.05) is 13.1 Å². The number of nitrogens with zero attached hydrogens (tertiary/aromatic N) is 2. The minimum atomic E-state index is 0.0120. The van der Waals surface area contributed by atoms with Gasteiger partial charge in [0.05, 0.1) is 10.2 Å². The molecule has 0 atom stereocenters. The summed E-state index contributed by atoms with van der Waals surface area (Å²) >= 11 is 4.95. The minimum absolute atomic E-state index is 0.0120. The van der Waals surface area contributed by atoms with Crippen LogP contribution in [0.4, 0.5) is 0 Å². The molecule has 0 spiro atoms. The summed E-state index contributed by atoms with van der Waals surface area (Å²) in [7, 11) is 0. The van der Waals surface area contributed by atoms with Crippen LogP contribution < -0.4 is 5.32 Å². The molecule has 4 rings (SSSR count). The van der Waals surface area contributed by atoms with Gasteiger partial charge in [0.2, 0.25) is 0 Å². The van der Waals surface area contributed by atoms with E-state index in [4.69, 9.17) is 0 Å². The molecule has 1 aliphatic heterocycles. The normalized spacial score (nSPS) is 16.0. The van der Waals surface area contributed by atoms with Gasteiger partial charge in [0.15, 0.2) is 3.92 Å². The Kier molecular flexibility index (Phi) is 5.33. The number of nitrogens with one attached hydrogen (secondary N) is 1. The number of rotatable bonds is 4. The van der Waals surface area contributed by atoms with Crippen molar-refractivity contribution < 1.29 is 4.79 Å². The van der Waals surface area contributed by atoms with Crippen LogP contribution in [0.2, 0.25) is 0 Å². The lowest BCUT2D eigenvalue weighted by Gasteiger charge is -2.32. The van der Waals surface area contributed by atoms with Gasteiger partial charge in [-0.25, -0.2) is 4.98 Å². The van der Waals surface area contributed by atoms with Crippen molar-refractivity contribution in [2.45, 2.75) is 25.4 Å². The van der Waals surface area contributed by atoms with E-state index in [1.165, 1.54) is 5.56 Å². The number of piperidine rings is 1. The van der Waals surface area contributed by atoms with Crippen molar-refractivity contribution in [1.82, 2.24) is 15.2 Å². The standard InChI is InChI=1S/C20H20BrN3OS/c21-20-23-17-7-6-15(12-18(17)26-20)19(25)22-16-8-10-24(11-9-16)13-14-4-2-1-3-5-14/h1-7,12,16H,8-11,13H2,(H,22,25). The van der Waals surface area contributed by atoms with Crippen LogP contribution in [0.1, 0.15) is 28.8 Å². The highest BCUT2D eigenvalue weighted by Crippen LogP contribution is 2.27. The van der Waals surface area contributed by atoms with Crippen LogP contribution in [0.3, 0.4) is 0 Å². The van der Waals surface area contributed by atoms with E-state index in [1.54, 1.807) is 11.3 Å². The average Bonchev–Trinajstić information content (AvgIpc) is 3.03. The molecule has 1 fully saturated rings. The van der Waals surface area contributed by atoms with Gasteiger partial charge in [-0.15, -0.1) is 11.3 Å². The zero-order valence-electron chi connectivity index (χ0n) is 14.3. The molecule has 2 aromatic carbocycles. The van der Waals surface area contributed by atoms with Crippen LogP contribution in [-0.2, 0) is 6.54 Å². The lowest BCUT2D eigenvalue weighted by molar-refractivity contribution is 0.0909. The van der Waals surface area contributed by atoms with Gasteiger partial charge in [-0.05, 0) is 52.5 Å². The molecule has 1 aliphatic rings. The SMILES string of the molecule is O=C(NC1CCN(Cc2ccccc2)CC1)c1ccc2nc(Br)sc2c1. The zero-order valence-corrected chi connectivity index (χ0v) is 16.7. The largest absolute Gasteiger partial charge is 0.349 e. The van der Waals surface area contributed by atoms with Crippen LogP contribution in [0, 0.1) is 0 Å². The molecule has 0 bridgehead atoms. The van der Waals surface area contributed by atoms with Gasteiger partial charge in [-0.3, -0.25) is 9.69 Å². The Hall–Kier alpha value is -1.76. The van der Waals surface area contributed by atoms with E-state index < -0.39 is 0 Å². The van der Waals surface area contributed by atoms with E-state index in [9.17, 15) is 4.79 Å². The van der Waals surface area contributed by atoms with Gasteiger partial charge in [-0.2, -0.15) is 0 Å². The smallest absolute Gasteiger partial charge is 0.251 e. The Labute approximate surface area is 165 Å². The average molecular weight is 430 g/mol. The quantitative estimate of drug-likeness (QED) is 0.665. The summed E-state index contributed by atoms with van der Waals surface area (Å²) in [4.78, 5) is 19.4. The maximum absolute atomic E-state index is 12.6. The molecular formula is C20H20BrN3OS. The molecule has 0 saturated carbocycles. The summed E-state index contributed by atoms with van der Waals surface area (Å²) in [6.45, 7) is 3.01. The van der Waals surface area contributed by atoms with Crippen LogP contribution >= 0.6 is 27.3 Å². The number of hydrogen-bond acceptors (Lipinski definition) is 4. The first kappa shape index (κ1) is 17.6. The van der Waals surface area contributed by atoms with Gasteiger partial charge < -0.3 is 5.32 Å². The summed E-state index contributed by atoms with van der Waals surface area (Å²) in [5, 5.41) is 3.20. The van der Waals surface area contributed by atoms with Gasteiger partial charge in [-0.1, -0.05) is 30.3 Å². The van der Waals surface area contributed by atoms with E-state index in [0.29, 0.717) is 5.56 Å². The molecule has 2 heterocycles. The topological polar surface area (TPSA) is 45.2 Å². The van der Waals surface area contributed by atoms with Crippen molar-refractivity contribution in [3.63, 3.8) is 0 Å². The molecule has 134 valence electrons. The number of amides is 1. The summed E-state index contributed by atoms with van der Waals surface area (Å²) in [6, 6.07) is 16.5. The first-order valence-electron chi connectivity index (χ1n) is 8.80. The number of benzene rings is 2. The number of likely N-dealkylation sites (tertiary alicyclic amines) is 1. The van der Waals surface area contributed by atoms with Crippen LogP contribution in [0.5, 0.6) is 0 Å². The fraction of sp³-hybridized carbons (Fsp3) is 0.300. The highest BCUT2D eigenvalue weighted by molar-refractivity contribution is 9.11. The second-order valence-electron chi connectivity index (χ2n) is 6.66. The molecule has 1 saturated heterocycles. The molecule has 1 aromatic heterocycles. The number of carbonyl (C=O) groups excluding carboxylic acids is 1. The summed E-state index contributed by atoms with van der Waals surface area (Å²) < 4.78 is 1.87. The van der Waals surface area contributed by atoms with Crippen LogP contribution in [-0.4, -0.2) is 34.9 Å². The molecular weight excluding hydrogens is 410 g/mol. The third-order valence-electron chi connectivity index (χ3n) is 4.80. The van der Waals surface area contributed by atoms with Gasteiger partial charge in [0.25, 0.3) is 5.91 Å². The van der Waals surface area contributed by atoms with Crippen LogP contribution in [0.25, 0.3) is 10.2 Å². The van der Waals surface area contributed by atoms with E-state index in [1.807, 2.05) is 24.3 Å². The molecule has 0 radical (unpaired) electrons. The number of hydrogen-bond donors (Lipinski definition) is 1. The highest BCUT2D eigenvalue weighted by atomic mass is 79.9. The second-order valence-corrected chi connectivity index (χ2v) is 8.97. The summed E-state index contributed by atoms with van der Waals surface area (Å²) in [5.41, 5.74) is 2.98. The Morgan fingerprint density at radius 2 is 1.96 bits per heavy atom. The molecule has 1 amide bonds. The Morgan fingerprint density at radius 3 is 2.73 bits per heavy atom. The molecule has 0 unspecified atom stereocenters. The van der Waals surface area contributed by atoms with Crippen molar-refractivity contribution in [2.24, 2.45) is 0 Å². The van der Waals surface area contributed by atoms with Crippen molar-refractivity contribution in [3.05, 3.63) is 63.6 Å². The molecule has 1 N–H and O–H groups in total. The zero-order chi connectivity index (χ0) is 17.9. The molecule has 26 heavy (non-hydrogen) atoms. The number of carbonyl (C=O) groups is 1. The predicted octanol–water partition coefficient (Wildman–Crippen LogP) is 4.45. The Balaban J connectivity index is 1.32.